The van der Waals surface area contributed by atoms with Gasteiger partial charge in [-0.3, -0.25) is 0 Å². The molecule has 2 N–H and O–H groups in total. The normalized spacial score (nSPS) is 19.7. The molecule has 4 heteroatoms. The van der Waals surface area contributed by atoms with E-state index < -0.39 is 18.2 Å². The monoisotopic (exact) mass is 198 g/mol. The zero-order valence-corrected chi connectivity index (χ0v) is 8.23. The Morgan fingerprint density at radius 2 is 2.21 bits per heavy atom. The first-order valence-corrected chi connectivity index (χ1v) is 4.39. The van der Waals surface area contributed by atoms with Gasteiger partial charge in [-0.1, -0.05) is 11.6 Å². The molecule has 0 amide bonds. The minimum Gasteiger partial charge on any atom is -0.458 e. The van der Waals surface area contributed by atoms with Gasteiger partial charge in [0.1, 0.15) is 18.8 Å². The molecule has 4 nitrogen and oxygen atoms in total. The fourth-order valence-corrected chi connectivity index (χ4v) is 1.21. The lowest BCUT2D eigenvalue weighted by Gasteiger charge is -2.15. The first-order chi connectivity index (χ1) is 6.50. The molecule has 0 aromatic heterocycles. The highest BCUT2D eigenvalue weighted by Gasteiger charge is 2.24. The number of ether oxygens (including phenoxy) is 1. The van der Waals surface area contributed by atoms with Crippen LogP contribution in [0.25, 0.3) is 0 Å². The van der Waals surface area contributed by atoms with Crippen LogP contribution < -0.4 is 0 Å². The van der Waals surface area contributed by atoms with E-state index in [-0.39, 0.29) is 6.61 Å². The fraction of sp³-hybridized carbons (Fsp3) is 0.500. The number of aliphatic hydroxyl groups excluding tert-OH is 2. The maximum Gasteiger partial charge on any atom is 0.331 e. The van der Waals surface area contributed by atoms with E-state index >= 15 is 0 Å². The van der Waals surface area contributed by atoms with Crippen molar-refractivity contribution in [2.45, 2.75) is 26.1 Å². The van der Waals surface area contributed by atoms with Gasteiger partial charge in [0.25, 0.3) is 0 Å². The highest BCUT2D eigenvalue weighted by molar-refractivity contribution is 5.85. The van der Waals surface area contributed by atoms with E-state index in [9.17, 15) is 15.0 Å². The zero-order valence-electron chi connectivity index (χ0n) is 8.23. The summed E-state index contributed by atoms with van der Waals surface area (Å²) in [5.74, 6) is -0.469. The van der Waals surface area contributed by atoms with Crippen LogP contribution in [0.1, 0.15) is 13.8 Å². The molecule has 1 aliphatic heterocycles. The molecule has 0 bridgehead atoms. The molecular weight excluding hydrogens is 184 g/mol. The van der Waals surface area contributed by atoms with Crippen LogP contribution >= 0.6 is 0 Å². The van der Waals surface area contributed by atoms with Crippen LogP contribution in [0.15, 0.2) is 23.3 Å². The van der Waals surface area contributed by atoms with Crippen LogP contribution in [0.5, 0.6) is 0 Å². The van der Waals surface area contributed by atoms with Crippen molar-refractivity contribution in [2.24, 2.45) is 0 Å². The largest absolute Gasteiger partial charge is 0.458 e. The van der Waals surface area contributed by atoms with E-state index in [1.165, 1.54) is 12.2 Å². The Hall–Kier alpha value is -1.13. The Morgan fingerprint density at radius 1 is 1.57 bits per heavy atom. The van der Waals surface area contributed by atoms with Crippen molar-refractivity contribution in [2.75, 3.05) is 6.61 Å². The van der Waals surface area contributed by atoms with Crippen LogP contribution in [0.4, 0.5) is 0 Å². The van der Waals surface area contributed by atoms with Crippen molar-refractivity contribution in [3.05, 3.63) is 23.3 Å². The van der Waals surface area contributed by atoms with Crippen LogP contribution in [0.2, 0.25) is 0 Å². The van der Waals surface area contributed by atoms with Crippen molar-refractivity contribution >= 4 is 5.97 Å². The molecule has 0 aliphatic carbocycles. The summed E-state index contributed by atoms with van der Waals surface area (Å²) in [5.41, 5.74) is 1.32. The molecule has 1 aliphatic rings. The standard InChI is InChI=1S/C10H14O4/c1-6(2)3-8(11)10(13)7-4-9(12)14-5-7/h3-4,8,10-11,13H,5H2,1-2H3/t8-,10+/m0/s1. The summed E-state index contributed by atoms with van der Waals surface area (Å²) in [6.45, 7) is 3.70. The molecule has 0 spiro atoms. The molecule has 0 aromatic rings. The van der Waals surface area contributed by atoms with Crippen molar-refractivity contribution in [3.8, 4) is 0 Å². The number of cyclic esters (lactones) is 1. The summed E-state index contributed by atoms with van der Waals surface area (Å²) in [6.07, 6.45) is 0.707. The third kappa shape index (κ3) is 2.68. The number of rotatable bonds is 3. The summed E-state index contributed by atoms with van der Waals surface area (Å²) in [6, 6.07) is 0. The number of esters is 1. The molecule has 0 saturated carbocycles. The molecule has 1 heterocycles. The van der Waals surface area contributed by atoms with Crippen molar-refractivity contribution in [1.82, 2.24) is 0 Å². The second kappa shape index (κ2) is 4.39. The summed E-state index contributed by atoms with van der Waals surface area (Å²) in [5, 5.41) is 19.1. The first kappa shape index (κ1) is 10.9. The van der Waals surface area contributed by atoms with Crippen LogP contribution in [0.3, 0.4) is 0 Å². The van der Waals surface area contributed by atoms with E-state index in [0.29, 0.717) is 5.57 Å². The second-order valence-corrected chi connectivity index (χ2v) is 3.51. The van der Waals surface area contributed by atoms with Gasteiger partial charge >= 0.3 is 5.97 Å². The Bertz CT molecular complexity index is 286. The predicted molar refractivity (Wildman–Crippen MR) is 50.5 cm³/mol. The minimum absolute atomic E-state index is 0.0632. The number of carbonyl (C=O) groups is 1. The Kier molecular flexibility index (Phi) is 3.43. The first-order valence-electron chi connectivity index (χ1n) is 4.39. The number of allylic oxidation sites excluding steroid dienone is 1. The molecule has 0 unspecified atom stereocenters. The quantitative estimate of drug-likeness (QED) is 0.500. The third-order valence-electron chi connectivity index (χ3n) is 1.89. The topological polar surface area (TPSA) is 66.8 Å². The molecule has 0 fully saturated rings. The van der Waals surface area contributed by atoms with Gasteiger partial charge in [-0.05, 0) is 13.8 Å². The average molecular weight is 198 g/mol. The maximum atomic E-state index is 10.7. The molecule has 0 aromatic carbocycles. The van der Waals surface area contributed by atoms with Gasteiger partial charge in [0.2, 0.25) is 0 Å². The smallest absolute Gasteiger partial charge is 0.331 e. The fourth-order valence-electron chi connectivity index (χ4n) is 1.21. The number of aliphatic hydroxyl groups is 2. The molecular formula is C10H14O4. The predicted octanol–water partition coefficient (Wildman–Crippen LogP) is 0.158. The molecule has 1 rings (SSSR count). The number of carbonyl (C=O) groups excluding carboxylic acids is 1. The van der Waals surface area contributed by atoms with Gasteiger partial charge in [0.15, 0.2) is 0 Å². The highest BCUT2D eigenvalue weighted by Crippen LogP contribution is 2.15. The van der Waals surface area contributed by atoms with Crippen LogP contribution in [-0.4, -0.2) is 35.0 Å². The van der Waals surface area contributed by atoms with Gasteiger partial charge in [-0.25, -0.2) is 4.79 Å². The average Bonchev–Trinajstić information content (AvgIpc) is 2.49. The van der Waals surface area contributed by atoms with Gasteiger partial charge in [0, 0.05) is 11.6 Å². The maximum absolute atomic E-state index is 10.7. The summed E-state index contributed by atoms with van der Waals surface area (Å²) < 4.78 is 4.62. The van der Waals surface area contributed by atoms with Crippen molar-refractivity contribution in [1.29, 1.82) is 0 Å². The highest BCUT2D eigenvalue weighted by atomic mass is 16.5. The lowest BCUT2D eigenvalue weighted by molar-refractivity contribution is -0.135. The number of hydrogen-bond acceptors (Lipinski definition) is 4. The summed E-state index contributed by atoms with van der Waals surface area (Å²) in [4.78, 5) is 10.7. The Balaban J connectivity index is 2.65. The second-order valence-electron chi connectivity index (χ2n) is 3.51. The van der Waals surface area contributed by atoms with E-state index in [2.05, 4.69) is 4.74 Å². The Labute approximate surface area is 82.5 Å². The molecule has 78 valence electrons. The summed E-state index contributed by atoms with van der Waals surface area (Å²) >= 11 is 0. The molecule has 0 saturated heterocycles. The summed E-state index contributed by atoms with van der Waals surface area (Å²) in [7, 11) is 0. The van der Waals surface area contributed by atoms with E-state index in [1.807, 2.05) is 13.8 Å². The Morgan fingerprint density at radius 3 is 2.64 bits per heavy atom. The SMILES string of the molecule is CC(C)=C[C@H](O)[C@H](O)C1=CC(=O)OC1. The molecule has 14 heavy (non-hydrogen) atoms. The van der Waals surface area contributed by atoms with Crippen molar-refractivity contribution in [3.63, 3.8) is 0 Å². The van der Waals surface area contributed by atoms with Gasteiger partial charge in [-0.2, -0.15) is 0 Å². The van der Waals surface area contributed by atoms with Gasteiger partial charge < -0.3 is 14.9 Å². The van der Waals surface area contributed by atoms with Crippen molar-refractivity contribution < 1.29 is 19.7 Å². The van der Waals surface area contributed by atoms with Crippen LogP contribution in [-0.2, 0) is 9.53 Å². The molecule has 0 radical (unpaired) electrons. The van der Waals surface area contributed by atoms with E-state index in [4.69, 9.17) is 0 Å². The van der Waals surface area contributed by atoms with E-state index in [1.54, 1.807) is 0 Å². The van der Waals surface area contributed by atoms with Crippen LogP contribution in [0, 0.1) is 0 Å². The van der Waals surface area contributed by atoms with E-state index in [0.717, 1.165) is 5.57 Å². The van der Waals surface area contributed by atoms with Gasteiger partial charge in [0.05, 0.1) is 0 Å². The minimum atomic E-state index is -1.06. The zero-order chi connectivity index (χ0) is 10.7. The third-order valence-corrected chi connectivity index (χ3v) is 1.89. The lowest BCUT2D eigenvalue weighted by Crippen LogP contribution is -2.26. The molecule has 2 atom stereocenters. The lowest BCUT2D eigenvalue weighted by atomic mass is 10.0. The van der Waals surface area contributed by atoms with Gasteiger partial charge in [-0.15, -0.1) is 0 Å². The number of hydrogen-bond donors (Lipinski definition) is 2.